The van der Waals surface area contributed by atoms with Gasteiger partial charge in [0.1, 0.15) is 5.69 Å². The number of hydrogen-bond donors (Lipinski definition) is 0. The quantitative estimate of drug-likeness (QED) is 0.463. The monoisotopic (exact) mass is 384 g/mol. The van der Waals surface area contributed by atoms with Gasteiger partial charge in [-0.3, -0.25) is 14.8 Å². The molecule has 0 spiro atoms. The predicted molar refractivity (Wildman–Crippen MR) is 113 cm³/mol. The number of pyridine rings is 2. The van der Waals surface area contributed by atoms with Crippen LogP contribution in [0.25, 0.3) is 32.2 Å². The van der Waals surface area contributed by atoms with Crippen LogP contribution in [-0.2, 0) is 13.0 Å². The molecule has 1 aromatic carbocycles. The second kappa shape index (κ2) is 6.98. The molecule has 0 radical (unpaired) electrons. The topological polar surface area (TPSA) is 60.7 Å². The predicted octanol–water partition coefficient (Wildman–Crippen LogP) is 4.31. The second-order valence-electron chi connectivity index (χ2n) is 6.52. The van der Waals surface area contributed by atoms with Gasteiger partial charge in [-0.05, 0) is 35.7 Å². The summed E-state index contributed by atoms with van der Waals surface area (Å²) in [5.41, 5.74) is 3.63. The van der Waals surface area contributed by atoms with Gasteiger partial charge in [-0.15, -0.1) is 11.3 Å². The van der Waals surface area contributed by atoms with Crippen LogP contribution in [-0.4, -0.2) is 19.7 Å². The maximum atomic E-state index is 12.9. The molecule has 0 unspecified atom stereocenters. The van der Waals surface area contributed by atoms with Crippen molar-refractivity contribution in [2.75, 3.05) is 0 Å². The van der Waals surface area contributed by atoms with Gasteiger partial charge in [0, 0.05) is 35.5 Å². The first-order valence-corrected chi connectivity index (χ1v) is 9.91. The van der Waals surface area contributed by atoms with E-state index in [9.17, 15) is 4.79 Å². The largest absolute Gasteiger partial charge is 0.275 e. The van der Waals surface area contributed by atoms with Crippen LogP contribution in [0.2, 0.25) is 0 Å². The lowest BCUT2D eigenvalue weighted by Gasteiger charge is -2.09. The van der Waals surface area contributed by atoms with Crippen molar-refractivity contribution >= 4 is 32.3 Å². The van der Waals surface area contributed by atoms with Crippen LogP contribution in [0.3, 0.4) is 0 Å². The van der Waals surface area contributed by atoms with E-state index in [0.717, 1.165) is 32.6 Å². The Morgan fingerprint density at radius 3 is 2.71 bits per heavy atom. The summed E-state index contributed by atoms with van der Waals surface area (Å²) in [4.78, 5) is 21.7. The van der Waals surface area contributed by atoms with Crippen molar-refractivity contribution in [2.24, 2.45) is 0 Å². The van der Waals surface area contributed by atoms with Crippen molar-refractivity contribution in [1.29, 1.82) is 0 Å². The molecule has 136 valence electrons. The standard InChI is InChI=1S/C22H16N4OS/c27-22-18-10-14-28-21(18)20(16-7-11-23-12-8-16)25-26(22)13-9-17-6-5-15-3-1-2-4-19(15)24-17/h1-8,10-12,14H,9,13H2. The first-order chi connectivity index (χ1) is 13.8. The second-order valence-corrected chi connectivity index (χ2v) is 7.44. The minimum absolute atomic E-state index is 0.0603. The highest BCUT2D eigenvalue weighted by atomic mass is 32.1. The number of rotatable bonds is 4. The highest BCUT2D eigenvalue weighted by Crippen LogP contribution is 2.28. The lowest BCUT2D eigenvalue weighted by Crippen LogP contribution is -2.24. The fourth-order valence-electron chi connectivity index (χ4n) is 3.33. The van der Waals surface area contributed by atoms with Crippen molar-refractivity contribution in [3.8, 4) is 11.3 Å². The summed E-state index contributed by atoms with van der Waals surface area (Å²) in [7, 11) is 0. The molecule has 28 heavy (non-hydrogen) atoms. The van der Waals surface area contributed by atoms with Crippen LogP contribution in [0.5, 0.6) is 0 Å². The Hall–Kier alpha value is -3.38. The Morgan fingerprint density at radius 2 is 1.82 bits per heavy atom. The third-order valence-corrected chi connectivity index (χ3v) is 5.68. The minimum atomic E-state index is -0.0603. The van der Waals surface area contributed by atoms with Gasteiger partial charge < -0.3 is 0 Å². The van der Waals surface area contributed by atoms with Gasteiger partial charge in [-0.25, -0.2) is 4.68 Å². The summed E-state index contributed by atoms with van der Waals surface area (Å²) in [6.07, 6.45) is 4.12. The summed E-state index contributed by atoms with van der Waals surface area (Å²) in [6.45, 7) is 0.480. The van der Waals surface area contributed by atoms with Gasteiger partial charge in [-0.2, -0.15) is 5.10 Å². The maximum absolute atomic E-state index is 12.9. The van der Waals surface area contributed by atoms with Crippen LogP contribution in [0.15, 0.2) is 77.2 Å². The van der Waals surface area contributed by atoms with Crippen molar-refractivity contribution < 1.29 is 0 Å². The van der Waals surface area contributed by atoms with E-state index in [1.165, 1.54) is 11.3 Å². The molecule has 0 saturated carbocycles. The molecule has 4 heterocycles. The number of aromatic nitrogens is 4. The van der Waals surface area contributed by atoms with E-state index in [0.29, 0.717) is 18.4 Å². The van der Waals surface area contributed by atoms with Gasteiger partial charge in [0.2, 0.25) is 0 Å². The average Bonchev–Trinajstić information content (AvgIpc) is 3.24. The molecule has 6 heteroatoms. The molecular formula is C22H16N4OS. The van der Waals surface area contributed by atoms with Gasteiger partial charge in [0.25, 0.3) is 5.56 Å². The third kappa shape index (κ3) is 2.97. The number of aryl methyl sites for hydroxylation is 2. The lowest BCUT2D eigenvalue weighted by molar-refractivity contribution is 0.583. The molecule has 0 fully saturated rings. The number of thiophene rings is 1. The molecule has 0 atom stereocenters. The normalized spacial score (nSPS) is 11.3. The first-order valence-electron chi connectivity index (χ1n) is 9.03. The van der Waals surface area contributed by atoms with E-state index in [1.54, 1.807) is 17.1 Å². The summed E-state index contributed by atoms with van der Waals surface area (Å²) in [5.74, 6) is 0. The van der Waals surface area contributed by atoms with Gasteiger partial charge in [-0.1, -0.05) is 24.3 Å². The SMILES string of the molecule is O=c1c2ccsc2c(-c2ccncc2)nn1CCc1ccc2ccccc2n1. The molecule has 5 rings (SSSR count). The summed E-state index contributed by atoms with van der Waals surface area (Å²) < 4.78 is 2.47. The first kappa shape index (κ1) is 16.8. The Labute approximate surface area is 164 Å². The number of para-hydroxylation sites is 1. The average molecular weight is 384 g/mol. The van der Waals surface area contributed by atoms with Gasteiger partial charge in [0.05, 0.1) is 22.1 Å². The van der Waals surface area contributed by atoms with Crippen LogP contribution in [0.4, 0.5) is 0 Å². The fourth-order valence-corrected chi connectivity index (χ4v) is 4.22. The molecule has 0 bridgehead atoms. The molecule has 0 N–H and O–H groups in total. The Kier molecular flexibility index (Phi) is 4.18. The number of fused-ring (bicyclic) bond motifs is 2. The van der Waals surface area contributed by atoms with Crippen LogP contribution < -0.4 is 5.56 Å². The van der Waals surface area contributed by atoms with E-state index in [4.69, 9.17) is 4.98 Å². The molecule has 0 aliphatic carbocycles. The lowest BCUT2D eigenvalue weighted by atomic mass is 10.1. The zero-order chi connectivity index (χ0) is 18.9. The molecule has 0 amide bonds. The van der Waals surface area contributed by atoms with Crippen molar-refractivity contribution in [2.45, 2.75) is 13.0 Å². The minimum Gasteiger partial charge on any atom is -0.267 e. The van der Waals surface area contributed by atoms with Crippen LogP contribution in [0.1, 0.15) is 5.69 Å². The highest BCUT2D eigenvalue weighted by molar-refractivity contribution is 7.17. The molecular weight excluding hydrogens is 368 g/mol. The fraction of sp³-hybridized carbons (Fsp3) is 0.0909. The van der Waals surface area contributed by atoms with E-state index in [1.807, 2.05) is 53.9 Å². The summed E-state index contributed by atoms with van der Waals surface area (Å²) >= 11 is 1.54. The molecule has 0 saturated heterocycles. The Bertz CT molecular complexity index is 1340. The highest BCUT2D eigenvalue weighted by Gasteiger charge is 2.13. The van der Waals surface area contributed by atoms with E-state index in [2.05, 4.69) is 16.1 Å². The molecule has 5 nitrogen and oxygen atoms in total. The summed E-state index contributed by atoms with van der Waals surface area (Å²) in [6, 6.07) is 17.8. The van der Waals surface area contributed by atoms with Crippen molar-refractivity contribution in [3.63, 3.8) is 0 Å². The van der Waals surface area contributed by atoms with Crippen molar-refractivity contribution in [3.05, 3.63) is 88.4 Å². The van der Waals surface area contributed by atoms with Crippen LogP contribution in [0, 0.1) is 0 Å². The molecule has 0 aliphatic heterocycles. The maximum Gasteiger partial charge on any atom is 0.275 e. The number of benzene rings is 1. The summed E-state index contributed by atoms with van der Waals surface area (Å²) in [5, 5.41) is 8.44. The van der Waals surface area contributed by atoms with E-state index >= 15 is 0 Å². The molecule has 5 aromatic rings. The smallest absolute Gasteiger partial charge is 0.267 e. The number of hydrogen-bond acceptors (Lipinski definition) is 5. The van der Waals surface area contributed by atoms with E-state index in [-0.39, 0.29) is 5.56 Å². The zero-order valence-corrected chi connectivity index (χ0v) is 15.8. The van der Waals surface area contributed by atoms with Gasteiger partial charge in [0.15, 0.2) is 0 Å². The van der Waals surface area contributed by atoms with Crippen molar-refractivity contribution in [1.82, 2.24) is 19.7 Å². The van der Waals surface area contributed by atoms with Gasteiger partial charge >= 0.3 is 0 Å². The van der Waals surface area contributed by atoms with E-state index < -0.39 is 0 Å². The number of nitrogens with zero attached hydrogens (tertiary/aromatic N) is 4. The van der Waals surface area contributed by atoms with Crippen LogP contribution >= 0.6 is 11.3 Å². The third-order valence-electron chi connectivity index (χ3n) is 4.76. The molecule has 4 aromatic heterocycles. The Morgan fingerprint density at radius 1 is 0.964 bits per heavy atom. The zero-order valence-electron chi connectivity index (χ0n) is 14.9. The Balaban J connectivity index is 1.53. The molecule has 0 aliphatic rings.